The van der Waals surface area contributed by atoms with Gasteiger partial charge >= 0.3 is 0 Å². The molecule has 0 bridgehead atoms. The maximum Gasteiger partial charge on any atom is 0.123 e. The van der Waals surface area contributed by atoms with Gasteiger partial charge in [0, 0.05) is 24.8 Å². The normalized spacial score (nSPS) is 22.1. The van der Waals surface area contributed by atoms with E-state index >= 15 is 0 Å². The average molecular weight is 249 g/mol. The standard InChI is InChI=1S/C15H23NO2/c1-12(14-8-4-5-9-15(14)18-3)16-10-6-7-13(16)11-17-2/h4-5,8-9,12-13H,6-7,10-11H2,1-3H3. The van der Waals surface area contributed by atoms with Crippen molar-refractivity contribution in [1.29, 1.82) is 0 Å². The molecule has 0 amide bonds. The van der Waals surface area contributed by atoms with Gasteiger partial charge in [0.05, 0.1) is 13.7 Å². The molecule has 0 aromatic heterocycles. The van der Waals surface area contributed by atoms with E-state index in [9.17, 15) is 0 Å². The summed E-state index contributed by atoms with van der Waals surface area (Å²) in [5.74, 6) is 0.980. The molecular formula is C15H23NO2. The Hall–Kier alpha value is -1.06. The van der Waals surface area contributed by atoms with Gasteiger partial charge in [-0.05, 0) is 32.4 Å². The molecule has 1 heterocycles. The highest BCUT2D eigenvalue weighted by atomic mass is 16.5. The third kappa shape index (κ3) is 2.68. The van der Waals surface area contributed by atoms with Crippen molar-refractivity contribution in [2.24, 2.45) is 0 Å². The molecule has 3 nitrogen and oxygen atoms in total. The molecule has 0 N–H and O–H groups in total. The van der Waals surface area contributed by atoms with Crippen molar-refractivity contribution in [3.8, 4) is 5.75 Å². The van der Waals surface area contributed by atoms with Gasteiger partial charge in [-0.15, -0.1) is 0 Å². The summed E-state index contributed by atoms with van der Waals surface area (Å²) in [5.41, 5.74) is 1.27. The van der Waals surface area contributed by atoms with E-state index in [2.05, 4.69) is 24.0 Å². The zero-order valence-corrected chi connectivity index (χ0v) is 11.6. The van der Waals surface area contributed by atoms with E-state index in [0.29, 0.717) is 12.1 Å². The number of ether oxygens (including phenoxy) is 2. The number of likely N-dealkylation sites (tertiary alicyclic amines) is 1. The first-order chi connectivity index (χ1) is 8.77. The highest BCUT2D eigenvalue weighted by molar-refractivity contribution is 5.35. The molecule has 100 valence electrons. The minimum absolute atomic E-state index is 0.379. The Labute approximate surface area is 110 Å². The van der Waals surface area contributed by atoms with E-state index in [1.165, 1.54) is 18.4 Å². The summed E-state index contributed by atoms with van der Waals surface area (Å²) in [6.45, 7) is 4.22. The molecule has 1 aromatic rings. The molecule has 0 saturated carbocycles. The zero-order chi connectivity index (χ0) is 13.0. The van der Waals surface area contributed by atoms with Crippen LogP contribution in [0.1, 0.15) is 31.4 Å². The lowest BCUT2D eigenvalue weighted by Gasteiger charge is -2.31. The van der Waals surface area contributed by atoms with Crippen LogP contribution in [0.4, 0.5) is 0 Å². The van der Waals surface area contributed by atoms with Crippen molar-refractivity contribution >= 4 is 0 Å². The Morgan fingerprint density at radius 3 is 2.83 bits per heavy atom. The number of para-hydroxylation sites is 1. The van der Waals surface area contributed by atoms with Gasteiger partial charge in [-0.3, -0.25) is 4.90 Å². The van der Waals surface area contributed by atoms with Crippen molar-refractivity contribution in [2.45, 2.75) is 31.8 Å². The lowest BCUT2D eigenvalue weighted by molar-refractivity contribution is 0.0928. The minimum atomic E-state index is 0.379. The molecule has 2 unspecified atom stereocenters. The van der Waals surface area contributed by atoms with Crippen LogP contribution < -0.4 is 4.74 Å². The number of rotatable bonds is 5. The molecule has 1 aliphatic heterocycles. The summed E-state index contributed by atoms with van der Waals surface area (Å²) in [6.07, 6.45) is 2.49. The summed E-state index contributed by atoms with van der Waals surface area (Å²) in [7, 11) is 3.52. The van der Waals surface area contributed by atoms with Crippen LogP contribution in [0.25, 0.3) is 0 Å². The second-order valence-electron chi connectivity index (χ2n) is 4.91. The smallest absolute Gasteiger partial charge is 0.123 e. The predicted octanol–water partition coefficient (Wildman–Crippen LogP) is 2.87. The first-order valence-electron chi connectivity index (χ1n) is 6.65. The lowest BCUT2D eigenvalue weighted by atomic mass is 10.0. The molecule has 3 heteroatoms. The van der Waals surface area contributed by atoms with E-state index < -0.39 is 0 Å². The van der Waals surface area contributed by atoms with Gasteiger partial charge in [0.25, 0.3) is 0 Å². The molecule has 18 heavy (non-hydrogen) atoms. The van der Waals surface area contributed by atoms with Crippen LogP contribution >= 0.6 is 0 Å². The number of methoxy groups -OCH3 is 2. The van der Waals surface area contributed by atoms with Crippen molar-refractivity contribution in [3.05, 3.63) is 29.8 Å². The highest BCUT2D eigenvalue weighted by Crippen LogP contribution is 2.33. The summed E-state index contributed by atoms with van der Waals surface area (Å²) in [5, 5.41) is 0. The number of nitrogens with zero attached hydrogens (tertiary/aromatic N) is 1. The maximum absolute atomic E-state index is 5.46. The molecular weight excluding hydrogens is 226 g/mol. The second-order valence-corrected chi connectivity index (χ2v) is 4.91. The summed E-state index contributed by atoms with van der Waals surface area (Å²) in [4.78, 5) is 2.53. The molecule has 1 aromatic carbocycles. The van der Waals surface area contributed by atoms with Gasteiger partial charge in [-0.2, -0.15) is 0 Å². The first kappa shape index (κ1) is 13.4. The first-order valence-corrected chi connectivity index (χ1v) is 6.65. The van der Waals surface area contributed by atoms with Gasteiger partial charge in [0.1, 0.15) is 5.75 Å². The van der Waals surface area contributed by atoms with Gasteiger partial charge < -0.3 is 9.47 Å². The van der Waals surface area contributed by atoms with Gasteiger partial charge in [-0.25, -0.2) is 0 Å². The lowest BCUT2D eigenvalue weighted by Crippen LogP contribution is -2.35. The van der Waals surface area contributed by atoms with E-state index in [1.54, 1.807) is 14.2 Å². The summed E-state index contributed by atoms with van der Waals surface area (Å²) < 4.78 is 10.8. The Kier molecular flexibility index (Phi) is 4.61. The van der Waals surface area contributed by atoms with Crippen LogP contribution in [-0.4, -0.2) is 38.3 Å². The van der Waals surface area contributed by atoms with E-state index in [4.69, 9.17) is 9.47 Å². The van der Waals surface area contributed by atoms with E-state index in [0.717, 1.165) is 18.9 Å². The maximum atomic E-state index is 5.46. The quantitative estimate of drug-likeness (QED) is 0.801. The SMILES string of the molecule is COCC1CCCN1C(C)c1ccccc1OC. The van der Waals surface area contributed by atoms with Gasteiger partial charge in [0.2, 0.25) is 0 Å². The summed E-state index contributed by atoms with van der Waals surface area (Å²) in [6, 6.07) is 9.21. The van der Waals surface area contributed by atoms with E-state index in [-0.39, 0.29) is 0 Å². The van der Waals surface area contributed by atoms with Crippen LogP contribution in [0.2, 0.25) is 0 Å². The molecule has 2 rings (SSSR count). The van der Waals surface area contributed by atoms with Crippen molar-refractivity contribution < 1.29 is 9.47 Å². The third-order valence-corrected chi connectivity index (χ3v) is 3.87. The Morgan fingerprint density at radius 2 is 2.11 bits per heavy atom. The van der Waals surface area contributed by atoms with Crippen molar-refractivity contribution in [1.82, 2.24) is 4.90 Å². The predicted molar refractivity (Wildman–Crippen MR) is 73.0 cm³/mol. The number of benzene rings is 1. The zero-order valence-electron chi connectivity index (χ0n) is 11.6. The Morgan fingerprint density at radius 1 is 1.33 bits per heavy atom. The van der Waals surface area contributed by atoms with Crippen LogP contribution in [-0.2, 0) is 4.74 Å². The monoisotopic (exact) mass is 249 g/mol. The number of hydrogen-bond acceptors (Lipinski definition) is 3. The third-order valence-electron chi connectivity index (χ3n) is 3.87. The fourth-order valence-corrected chi connectivity index (χ4v) is 2.93. The van der Waals surface area contributed by atoms with Gasteiger partial charge in [-0.1, -0.05) is 18.2 Å². The number of hydrogen-bond donors (Lipinski definition) is 0. The molecule has 1 aliphatic rings. The Bertz CT molecular complexity index is 381. The van der Waals surface area contributed by atoms with Crippen molar-refractivity contribution in [3.63, 3.8) is 0 Å². The van der Waals surface area contributed by atoms with E-state index in [1.807, 2.05) is 12.1 Å². The Balaban J connectivity index is 2.17. The average Bonchev–Trinajstić information content (AvgIpc) is 2.86. The van der Waals surface area contributed by atoms with Crippen molar-refractivity contribution in [2.75, 3.05) is 27.4 Å². The van der Waals surface area contributed by atoms with Crippen LogP contribution in [0.5, 0.6) is 5.75 Å². The molecule has 0 spiro atoms. The molecule has 0 radical (unpaired) electrons. The topological polar surface area (TPSA) is 21.7 Å². The molecule has 0 aliphatic carbocycles. The molecule has 1 fully saturated rings. The largest absolute Gasteiger partial charge is 0.496 e. The minimum Gasteiger partial charge on any atom is -0.496 e. The fourth-order valence-electron chi connectivity index (χ4n) is 2.93. The second kappa shape index (κ2) is 6.21. The molecule has 2 atom stereocenters. The molecule has 1 saturated heterocycles. The summed E-state index contributed by atoms with van der Waals surface area (Å²) >= 11 is 0. The highest BCUT2D eigenvalue weighted by Gasteiger charge is 2.30. The van der Waals surface area contributed by atoms with Gasteiger partial charge in [0.15, 0.2) is 0 Å². The fraction of sp³-hybridized carbons (Fsp3) is 0.600. The van der Waals surface area contributed by atoms with Crippen LogP contribution in [0, 0.1) is 0 Å². The van der Waals surface area contributed by atoms with Crippen LogP contribution in [0.3, 0.4) is 0 Å². The van der Waals surface area contributed by atoms with Crippen LogP contribution in [0.15, 0.2) is 24.3 Å².